The molecule has 0 saturated heterocycles. The first kappa shape index (κ1) is 16.8. The maximum Gasteiger partial charge on any atom is 0.319 e. The summed E-state index contributed by atoms with van der Waals surface area (Å²) in [7, 11) is 0. The number of anilines is 1. The first-order valence-electron chi connectivity index (χ1n) is 7.41. The van der Waals surface area contributed by atoms with Crippen molar-refractivity contribution < 1.29 is 18.7 Å². The summed E-state index contributed by atoms with van der Waals surface area (Å²) in [6, 6.07) is 10.2. The Bertz CT molecular complexity index is 638. The summed E-state index contributed by atoms with van der Waals surface area (Å²) < 4.78 is 10.6. The van der Waals surface area contributed by atoms with Gasteiger partial charge in [-0.05, 0) is 37.6 Å². The number of hydrogen-bond donors (Lipinski definition) is 2. The number of carbonyl (C=O) groups is 2. The Hall–Kier alpha value is -2.60. The number of carbonyl (C=O) groups excluding carboxylic acids is 2. The lowest BCUT2D eigenvalue weighted by Gasteiger charge is -2.08. The Morgan fingerprint density at radius 2 is 2.09 bits per heavy atom. The van der Waals surface area contributed by atoms with Gasteiger partial charge >= 0.3 is 6.03 Å². The third-order valence-corrected chi connectivity index (χ3v) is 3.10. The van der Waals surface area contributed by atoms with Gasteiger partial charge in [-0.15, -0.1) is 0 Å². The van der Waals surface area contributed by atoms with Crippen molar-refractivity contribution in [2.75, 3.05) is 18.5 Å². The zero-order valence-corrected chi connectivity index (χ0v) is 13.0. The normalized spacial score (nSPS) is 10.3. The van der Waals surface area contributed by atoms with E-state index < -0.39 is 0 Å². The Balaban J connectivity index is 1.61. The number of nitrogens with one attached hydrogen (secondary N) is 2. The highest BCUT2D eigenvalue weighted by molar-refractivity contribution is 5.96. The minimum absolute atomic E-state index is 0.0391. The monoisotopic (exact) mass is 316 g/mol. The van der Waals surface area contributed by atoms with Gasteiger partial charge in [-0.3, -0.25) is 4.79 Å². The van der Waals surface area contributed by atoms with Crippen LogP contribution in [0, 0.1) is 0 Å². The molecule has 0 aliphatic carbocycles. The van der Waals surface area contributed by atoms with E-state index >= 15 is 0 Å². The molecule has 2 N–H and O–H groups in total. The maximum atomic E-state index is 11.8. The molecule has 6 heteroatoms. The quantitative estimate of drug-likeness (QED) is 0.579. The Morgan fingerprint density at radius 1 is 1.22 bits per heavy atom. The molecule has 2 amide bonds. The maximum absolute atomic E-state index is 11.8. The van der Waals surface area contributed by atoms with Crippen LogP contribution >= 0.6 is 0 Å². The zero-order chi connectivity index (χ0) is 16.5. The standard InChI is InChI=1S/C17H20N2O4/c1-13(20)14-5-2-6-15(11-14)19-17(21)18-8-4-9-22-12-16-7-3-10-23-16/h2-3,5-7,10-11H,4,8-9,12H2,1H3,(H2,18,19,21). The van der Waals surface area contributed by atoms with Crippen LogP contribution in [0.4, 0.5) is 10.5 Å². The fourth-order valence-electron chi connectivity index (χ4n) is 1.93. The summed E-state index contributed by atoms with van der Waals surface area (Å²) in [4.78, 5) is 23.0. The lowest BCUT2D eigenvalue weighted by atomic mass is 10.1. The molecule has 0 atom stereocenters. The zero-order valence-electron chi connectivity index (χ0n) is 13.0. The molecule has 1 aromatic carbocycles. The molecule has 0 aliphatic heterocycles. The third kappa shape index (κ3) is 5.96. The minimum atomic E-state index is -0.309. The van der Waals surface area contributed by atoms with Gasteiger partial charge in [0.15, 0.2) is 5.78 Å². The number of ketones is 1. The molecule has 0 fully saturated rings. The minimum Gasteiger partial charge on any atom is -0.467 e. The number of amides is 2. The highest BCUT2D eigenvalue weighted by Crippen LogP contribution is 2.10. The van der Waals surface area contributed by atoms with Crippen LogP contribution in [0.5, 0.6) is 0 Å². The van der Waals surface area contributed by atoms with Gasteiger partial charge in [0.1, 0.15) is 12.4 Å². The third-order valence-electron chi connectivity index (χ3n) is 3.10. The van der Waals surface area contributed by atoms with E-state index in [9.17, 15) is 9.59 Å². The summed E-state index contributed by atoms with van der Waals surface area (Å²) in [5.41, 5.74) is 1.15. The van der Waals surface area contributed by atoms with Crippen molar-refractivity contribution >= 4 is 17.5 Å². The topological polar surface area (TPSA) is 80.6 Å². The van der Waals surface area contributed by atoms with E-state index in [2.05, 4.69) is 10.6 Å². The number of ether oxygens (including phenoxy) is 1. The molecular formula is C17H20N2O4. The second kappa shape index (κ2) is 8.75. The Labute approximate surface area is 134 Å². The van der Waals surface area contributed by atoms with Crippen LogP contribution < -0.4 is 10.6 Å². The second-order valence-electron chi connectivity index (χ2n) is 5.00. The molecule has 0 bridgehead atoms. The highest BCUT2D eigenvalue weighted by Gasteiger charge is 2.04. The largest absolute Gasteiger partial charge is 0.467 e. The lowest BCUT2D eigenvalue weighted by Crippen LogP contribution is -2.30. The van der Waals surface area contributed by atoms with E-state index in [0.29, 0.717) is 37.4 Å². The van der Waals surface area contributed by atoms with E-state index in [4.69, 9.17) is 9.15 Å². The van der Waals surface area contributed by atoms with Crippen LogP contribution in [0.2, 0.25) is 0 Å². The highest BCUT2D eigenvalue weighted by atomic mass is 16.5. The molecule has 2 rings (SSSR count). The van der Waals surface area contributed by atoms with E-state index in [1.54, 1.807) is 30.5 Å². The van der Waals surface area contributed by atoms with E-state index in [0.717, 1.165) is 5.76 Å². The fourth-order valence-corrected chi connectivity index (χ4v) is 1.93. The molecular weight excluding hydrogens is 296 g/mol. The van der Waals surface area contributed by atoms with E-state index in [-0.39, 0.29) is 11.8 Å². The summed E-state index contributed by atoms with van der Waals surface area (Å²) in [5, 5.41) is 5.43. The molecule has 2 aromatic rings. The van der Waals surface area contributed by atoms with E-state index in [1.807, 2.05) is 12.1 Å². The van der Waals surface area contributed by atoms with Crippen LogP contribution in [0.1, 0.15) is 29.5 Å². The molecule has 1 heterocycles. The van der Waals surface area contributed by atoms with Crippen LogP contribution in [0.15, 0.2) is 47.1 Å². The number of urea groups is 1. The number of rotatable bonds is 8. The van der Waals surface area contributed by atoms with Crippen molar-refractivity contribution in [1.82, 2.24) is 5.32 Å². The smallest absolute Gasteiger partial charge is 0.319 e. The summed E-state index contributed by atoms with van der Waals surface area (Å²) >= 11 is 0. The lowest BCUT2D eigenvalue weighted by molar-refractivity contribution is 0.101. The summed E-state index contributed by atoms with van der Waals surface area (Å²) in [6.07, 6.45) is 2.30. The molecule has 23 heavy (non-hydrogen) atoms. The number of furan rings is 1. The van der Waals surface area contributed by atoms with Crippen molar-refractivity contribution in [3.63, 3.8) is 0 Å². The molecule has 0 spiro atoms. The van der Waals surface area contributed by atoms with Crippen LogP contribution in [0.3, 0.4) is 0 Å². The first-order chi connectivity index (χ1) is 11.1. The predicted molar refractivity (Wildman–Crippen MR) is 86.4 cm³/mol. The van der Waals surface area contributed by atoms with Gasteiger partial charge in [-0.25, -0.2) is 4.79 Å². The molecule has 0 saturated carbocycles. The van der Waals surface area contributed by atoms with Crippen LogP contribution in [-0.4, -0.2) is 25.0 Å². The van der Waals surface area contributed by atoms with Gasteiger partial charge in [0.2, 0.25) is 0 Å². The molecule has 122 valence electrons. The van der Waals surface area contributed by atoms with Crippen molar-refractivity contribution in [3.05, 3.63) is 54.0 Å². The Kier molecular flexibility index (Phi) is 6.38. The van der Waals surface area contributed by atoms with Gasteiger partial charge in [0, 0.05) is 24.4 Å². The fraction of sp³-hybridized carbons (Fsp3) is 0.294. The van der Waals surface area contributed by atoms with Gasteiger partial charge in [-0.2, -0.15) is 0 Å². The van der Waals surface area contributed by atoms with Crippen LogP contribution in [-0.2, 0) is 11.3 Å². The molecule has 1 aromatic heterocycles. The Morgan fingerprint density at radius 3 is 2.83 bits per heavy atom. The SMILES string of the molecule is CC(=O)c1cccc(NC(=O)NCCCOCc2ccco2)c1. The predicted octanol–water partition coefficient (Wildman–Crippen LogP) is 3.21. The second-order valence-corrected chi connectivity index (χ2v) is 5.00. The van der Waals surface area contributed by atoms with Crippen molar-refractivity contribution in [2.24, 2.45) is 0 Å². The van der Waals surface area contributed by atoms with Crippen molar-refractivity contribution in [1.29, 1.82) is 0 Å². The molecule has 0 radical (unpaired) electrons. The van der Waals surface area contributed by atoms with Crippen molar-refractivity contribution in [2.45, 2.75) is 20.0 Å². The molecule has 0 unspecified atom stereocenters. The number of hydrogen-bond acceptors (Lipinski definition) is 4. The van der Waals surface area contributed by atoms with Gasteiger partial charge in [-0.1, -0.05) is 12.1 Å². The van der Waals surface area contributed by atoms with Crippen LogP contribution in [0.25, 0.3) is 0 Å². The van der Waals surface area contributed by atoms with Gasteiger partial charge in [0.05, 0.1) is 6.26 Å². The summed E-state index contributed by atoms with van der Waals surface area (Å²) in [5.74, 6) is 0.740. The number of benzene rings is 1. The average molecular weight is 316 g/mol. The average Bonchev–Trinajstić information content (AvgIpc) is 3.04. The molecule has 6 nitrogen and oxygen atoms in total. The molecule has 0 aliphatic rings. The van der Waals surface area contributed by atoms with Crippen molar-refractivity contribution in [3.8, 4) is 0 Å². The number of Topliss-reactive ketones (excluding diaryl/α,β-unsaturated/α-hetero) is 1. The first-order valence-corrected chi connectivity index (χ1v) is 7.41. The van der Waals surface area contributed by atoms with Gasteiger partial charge in [0.25, 0.3) is 0 Å². The van der Waals surface area contributed by atoms with E-state index in [1.165, 1.54) is 6.92 Å². The summed E-state index contributed by atoms with van der Waals surface area (Å²) in [6.45, 7) is 2.94. The van der Waals surface area contributed by atoms with Gasteiger partial charge < -0.3 is 19.8 Å².